The summed E-state index contributed by atoms with van der Waals surface area (Å²) in [4.78, 5) is 10.2. The molecule has 1 aliphatic rings. The minimum absolute atomic E-state index is 0.278. The molecule has 0 aromatic rings. The van der Waals surface area contributed by atoms with Crippen LogP contribution in [0.4, 0.5) is 0 Å². The molecular formula is C9H17NO3. The molecule has 1 heterocycles. The zero-order valence-corrected chi connectivity index (χ0v) is 7.79. The maximum atomic E-state index is 10.2. The first kappa shape index (κ1) is 10.5. The van der Waals surface area contributed by atoms with Gasteiger partial charge in [-0.2, -0.15) is 0 Å². The number of hydrogen-bond acceptors (Lipinski definition) is 3. The molecule has 1 aliphatic heterocycles. The number of hydrogen-bond donors (Lipinski definition) is 2. The first-order valence-corrected chi connectivity index (χ1v) is 4.83. The average Bonchev–Trinajstić information content (AvgIpc) is 2.14. The minimum Gasteiger partial charge on any atom is -0.481 e. The number of carbonyl (C=O) groups is 1. The van der Waals surface area contributed by atoms with E-state index in [4.69, 9.17) is 9.84 Å². The lowest BCUT2D eigenvalue weighted by molar-refractivity contribution is -0.137. The molecule has 0 radical (unpaired) electrons. The highest BCUT2D eigenvalue weighted by atomic mass is 16.5. The first-order chi connectivity index (χ1) is 6.29. The summed E-state index contributed by atoms with van der Waals surface area (Å²) in [5.74, 6) is -0.706. The number of carboxylic acid groups (broad SMARTS) is 1. The molecule has 0 saturated carbocycles. The maximum Gasteiger partial charge on any atom is 0.303 e. The van der Waals surface area contributed by atoms with E-state index in [9.17, 15) is 4.79 Å². The monoisotopic (exact) mass is 187 g/mol. The Morgan fingerprint density at radius 1 is 1.54 bits per heavy atom. The van der Waals surface area contributed by atoms with Gasteiger partial charge in [-0.25, -0.2) is 0 Å². The Hall–Kier alpha value is -0.610. The highest BCUT2D eigenvalue weighted by Gasteiger charge is 2.12. The first-order valence-electron chi connectivity index (χ1n) is 4.83. The Labute approximate surface area is 78.3 Å². The fourth-order valence-corrected chi connectivity index (χ4v) is 1.45. The molecule has 0 spiro atoms. The number of unbranched alkanes of at least 4 members (excludes halogenated alkanes) is 1. The Kier molecular flexibility index (Phi) is 4.78. The fourth-order valence-electron chi connectivity index (χ4n) is 1.45. The molecule has 1 rings (SSSR count). The molecule has 13 heavy (non-hydrogen) atoms. The van der Waals surface area contributed by atoms with Crippen molar-refractivity contribution in [3.05, 3.63) is 0 Å². The van der Waals surface area contributed by atoms with Crippen LogP contribution in [-0.4, -0.2) is 36.9 Å². The lowest BCUT2D eigenvalue weighted by Crippen LogP contribution is -2.38. The molecule has 2 N–H and O–H groups in total. The van der Waals surface area contributed by atoms with Crippen molar-refractivity contribution in [3.63, 3.8) is 0 Å². The van der Waals surface area contributed by atoms with Gasteiger partial charge in [0.05, 0.1) is 12.7 Å². The average molecular weight is 187 g/mol. The number of carboxylic acids is 1. The fraction of sp³-hybridized carbons (Fsp3) is 0.889. The summed E-state index contributed by atoms with van der Waals surface area (Å²) in [6, 6.07) is 0. The van der Waals surface area contributed by atoms with Gasteiger partial charge >= 0.3 is 5.97 Å². The maximum absolute atomic E-state index is 10.2. The molecule has 4 nitrogen and oxygen atoms in total. The SMILES string of the molecule is O=C(O)CCCC[C@@H]1CNCCO1. The topological polar surface area (TPSA) is 58.6 Å². The molecule has 0 unspecified atom stereocenters. The van der Waals surface area contributed by atoms with Crippen LogP contribution in [0, 0.1) is 0 Å². The van der Waals surface area contributed by atoms with Gasteiger partial charge in [-0.15, -0.1) is 0 Å². The molecule has 1 saturated heterocycles. The van der Waals surface area contributed by atoms with Gasteiger partial charge < -0.3 is 15.2 Å². The van der Waals surface area contributed by atoms with Gasteiger partial charge in [-0.1, -0.05) is 6.42 Å². The number of aliphatic carboxylic acids is 1. The van der Waals surface area contributed by atoms with Gasteiger partial charge in [-0.05, 0) is 12.8 Å². The van der Waals surface area contributed by atoms with Crippen molar-refractivity contribution in [2.45, 2.75) is 31.8 Å². The summed E-state index contributed by atoms with van der Waals surface area (Å²) in [6.07, 6.45) is 3.25. The third-order valence-electron chi connectivity index (χ3n) is 2.17. The second kappa shape index (κ2) is 5.94. The summed E-state index contributed by atoms with van der Waals surface area (Å²) in [7, 11) is 0. The van der Waals surface area contributed by atoms with Gasteiger partial charge in [0.25, 0.3) is 0 Å². The van der Waals surface area contributed by atoms with Crippen molar-refractivity contribution in [2.24, 2.45) is 0 Å². The number of morpholine rings is 1. The lowest BCUT2D eigenvalue weighted by Gasteiger charge is -2.23. The second-order valence-electron chi connectivity index (χ2n) is 3.34. The van der Waals surface area contributed by atoms with E-state index in [1.165, 1.54) is 0 Å². The zero-order valence-electron chi connectivity index (χ0n) is 7.79. The third-order valence-corrected chi connectivity index (χ3v) is 2.17. The highest BCUT2D eigenvalue weighted by Crippen LogP contribution is 2.08. The standard InChI is InChI=1S/C9H17NO3/c11-9(12)4-2-1-3-8-7-10-5-6-13-8/h8,10H,1-7H2,(H,11,12)/t8-/m1/s1. The number of rotatable bonds is 5. The summed E-state index contributed by atoms with van der Waals surface area (Å²) < 4.78 is 5.48. The third kappa shape index (κ3) is 4.85. The molecule has 0 amide bonds. The van der Waals surface area contributed by atoms with E-state index in [0.29, 0.717) is 6.10 Å². The molecule has 4 heteroatoms. The van der Waals surface area contributed by atoms with Crippen LogP contribution in [0.25, 0.3) is 0 Å². The van der Waals surface area contributed by atoms with E-state index >= 15 is 0 Å². The Morgan fingerprint density at radius 3 is 3.00 bits per heavy atom. The van der Waals surface area contributed by atoms with Crippen molar-refractivity contribution >= 4 is 5.97 Å². The number of ether oxygens (including phenoxy) is 1. The van der Waals surface area contributed by atoms with E-state index < -0.39 is 5.97 Å². The molecule has 0 aliphatic carbocycles. The van der Waals surface area contributed by atoms with Crippen molar-refractivity contribution in [3.8, 4) is 0 Å². The Morgan fingerprint density at radius 2 is 2.38 bits per heavy atom. The summed E-state index contributed by atoms with van der Waals surface area (Å²) in [6.45, 7) is 2.63. The molecule has 0 aromatic carbocycles. The molecule has 0 bridgehead atoms. The van der Waals surface area contributed by atoms with Crippen LogP contribution < -0.4 is 5.32 Å². The van der Waals surface area contributed by atoms with Crippen LogP contribution in [-0.2, 0) is 9.53 Å². The van der Waals surface area contributed by atoms with E-state index in [-0.39, 0.29) is 6.42 Å². The van der Waals surface area contributed by atoms with Crippen LogP contribution in [0.15, 0.2) is 0 Å². The number of nitrogens with one attached hydrogen (secondary N) is 1. The normalized spacial score (nSPS) is 22.9. The summed E-state index contributed by atoms with van der Waals surface area (Å²) in [5, 5.41) is 11.7. The van der Waals surface area contributed by atoms with E-state index in [0.717, 1.165) is 39.0 Å². The molecule has 1 fully saturated rings. The van der Waals surface area contributed by atoms with Crippen molar-refractivity contribution in [2.75, 3.05) is 19.7 Å². The van der Waals surface area contributed by atoms with Gasteiger partial charge in [0, 0.05) is 19.5 Å². The second-order valence-corrected chi connectivity index (χ2v) is 3.34. The smallest absolute Gasteiger partial charge is 0.303 e. The van der Waals surface area contributed by atoms with Crippen molar-refractivity contribution < 1.29 is 14.6 Å². The van der Waals surface area contributed by atoms with Gasteiger partial charge in [0.2, 0.25) is 0 Å². The van der Waals surface area contributed by atoms with Crippen LogP contribution in [0.2, 0.25) is 0 Å². The van der Waals surface area contributed by atoms with Crippen LogP contribution >= 0.6 is 0 Å². The van der Waals surface area contributed by atoms with Crippen molar-refractivity contribution in [1.29, 1.82) is 0 Å². The quantitative estimate of drug-likeness (QED) is 0.619. The lowest BCUT2D eigenvalue weighted by atomic mass is 10.1. The summed E-state index contributed by atoms with van der Waals surface area (Å²) >= 11 is 0. The highest BCUT2D eigenvalue weighted by molar-refractivity contribution is 5.66. The van der Waals surface area contributed by atoms with Crippen molar-refractivity contribution in [1.82, 2.24) is 5.32 Å². The van der Waals surface area contributed by atoms with E-state index in [2.05, 4.69) is 5.32 Å². The van der Waals surface area contributed by atoms with Gasteiger partial charge in [0.15, 0.2) is 0 Å². The molecule has 76 valence electrons. The molecule has 1 atom stereocenters. The Balaban J connectivity index is 1.95. The van der Waals surface area contributed by atoms with Gasteiger partial charge in [0.1, 0.15) is 0 Å². The zero-order chi connectivity index (χ0) is 9.52. The minimum atomic E-state index is -0.706. The molecule has 0 aromatic heterocycles. The molecular weight excluding hydrogens is 170 g/mol. The predicted molar refractivity (Wildman–Crippen MR) is 48.7 cm³/mol. The van der Waals surface area contributed by atoms with Crippen LogP contribution in [0.5, 0.6) is 0 Å². The van der Waals surface area contributed by atoms with Crippen LogP contribution in [0.1, 0.15) is 25.7 Å². The largest absolute Gasteiger partial charge is 0.481 e. The predicted octanol–water partition coefficient (Wildman–Crippen LogP) is 0.620. The summed E-state index contributed by atoms with van der Waals surface area (Å²) in [5.41, 5.74) is 0. The van der Waals surface area contributed by atoms with E-state index in [1.807, 2.05) is 0 Å². The Bertz CT molecular complexity index is 155. The van der Waals surface area contributed by atoms with E-state index in [1.54, 1.807) is 0 Å². The van der Waals surface area contributed by atoms with Gasteiger partial charge in [-0.3, -0.25) is 4.79 Å². The van der Waals surface area contributed by atoms with Crippen LogP contribution in [0.3, 0.4) is 0 Å².